The summed E-state index contributed by atoms with van der Waals surface area (Å²) in [6, 6.07) is 0. The third kappa shape index (κ3) is 3.25. The Morgan fingerprint density at radius 3 is 2.43 bits per heavy atom. The van der Waals surface area contributed by atoms with Gasteiger partial charge in [-0.1, -0.05) is 33.1 Å². The minimum absolute atomic E-state index is 0.165. The Hall–Kier alpha value is -0.0800. The molecule has 1 aliphatic heterocycles. The number of rotatable bonds is 6. The first-order valence-corrected chi connectivity index (χ1v) is 6.07. The minimum atomic E-state index is -0.165. The number of likely N-dealkylation sites (tertiary alicyclic amines) is 1. The first-order valence-electron chi connectivity index (χ1n) is 6.07. The average molecular weight is 199 g/mol. The summed E-state index contributed by atoms with van der Waals surface area (Å²) in [6.07, 6.45) is 3.85. The molecule has 1 heterocycles. The lowest BCUT2D eigenvalue weighted by Gasteiger charge is -2.44. The molecule has 0 aliphatic carbocycles. The maximum Gasteiger partial charge on any atom is 0.0639 e. The van der Waals surface area contributed by atoms with Gasteiger partial charge in [-0.3, -0.25) is 0 Å². The van der Waals surface area contributed by atoms with E-state index in [1.165, 1.54) is 32.4 Å². The Balaban J connectivity index is 2.18. The van der Waals surface area contributed by atoms with E-state index in [1.54, 1.807) is 0 Å². The van der Waals surface area contributed by atoms with E-state index in [9.17, 15) is 5.11 Å². The Labute approximate surface area is 88.3 Å². The van der Waals surface area contributed by atoms with E-state index >= 15 is 0 Å². The highest BCUT2D eigenvalue weighted by Gasteiger charge is 2.31. The Morgan fingerprint density at radius 2 is 2.00 bits per heavy atom. The maximum absolute atomic E-state index is 9.23. The van der Waals surface area contributed by atoms with Gasteiger partial charge in [-0.15, -0.1) is 0 Å². The molecule has 2 nitrogen and oxygen atoms in total. The quantitative estimate of drug-likeness (QED) is 0.708. The molecule has 1 unspecified atom stereocenters. The van der Waals surface area contributed by atoms with Crippen LogP contribution in [0.1, 0.15) is 40.0 Å². The van der Waals surface area contributed by atoms with Crippen LogP contribution in [-0.4, -0.2) is 35.7 Å². The van der Waals surface area contributed by atoms with Gasteiger partial charge in [-0.25, -0.2) is 0 Å². The van der Waals surface area contributed by atoms with Crippen LogP contribution in [0.2, 0.25) is 0 Å². The van der Waals surface area contributed by atoms with Gasteiger partial charge in [0, 0.05) is 19.6 Å². The largest absolute Gasteiger partial charge is 0.392 e. The van der Waals surface area contributed by atoms with Crippen molar-refractivity contribution in [2.75, 3.05) is 19.6 Å². The van der Waals surface area contributed by atoms with Crippen molar-refractivity contribution in [3.05, 3.63) is 0 Å². The molecule has 1 aliphatic rings. The fraction of sp³-hybridized carbons (Fsp3) is 1.00. The lowest BCUT2D eigenvalue weighted by molar-refractivity contribution is 0.0174. The van der Waals surface area contributed by atoms with Crippen molar-refractivity contribution in [2.45, 2.75) is 46.1 Å². The van der Waals surface area contributed by atoms with Crippen LogP contribution in [-0.2, 0) is 0 Å². The molecular weight excluding hydrogens is 174 g/mol. The molecule has 84 valence electrons. The highest BCUT2D eigenvalue weighted by atomic mass is 16.3. The zero-order valence-electron chi connectivity index (χ0n) is 9.87. The van der Waals surface area contributed by atoms with E-state index in [-0.39, 0.29) is 6.10 Å². The van der Waals surface area contributed by atoms with E-state index < -0.39 is 0 Å². The minimum Gasteiger partial charge on any atom is -0.392 e. The monoisotopic (exact) mass is 199 g/mol. The lowest BCUT2D eigenvalue weighted by atomic mass is 9.81. The molecule has 14 heavy (non-hydrogen) atoms. The predicted molar refractivity (Wildman–Crippen MR) is 60.3 cm³/mol. The molecule has 0 amide bonds. The van der Waals surface area contributed by atoms with Crippen LogP contribution in [0.15, 0.2) is 0 Å². The highest BCUT2D eigenvalue weighted by Crippen LogP contribution is 2.29. The molecule has 1 fully saturated rings. The summed E-state index contributed by atoms with van der Waals surface area (Å²) in [4.78, 5) is 2.37. The van der Waals surface area contributed by atoms with E-state index in [1.807, 2.05) is 6.92 Å². The van der Waals surface area contributed by atoms with Crippen LogP contribution >= 0.6 is 0 Å². The van der Waals surface area contributed by atoms with Crippen molar-refractivity contribution in [3.63, 3.8) is 0 Å². The summed E-state index contributed by atoms with van der Waals surface area (Å²) in [6.45, 7) is 9.73. The molecule has 0 aromatic rings. The second-order valence-corrected chi connectivity index (χ2v) is 4.78. The van der Waals surface area contributed by atoms with Gasteiger partial charge in [0.25, 0.3) is 0 Å². The first kappa shape index (κ1) is 12.0. The molecule has 2 atom stereocenters. The summed E-state index contributed by atoms with van der Waals surface area (Å²) in [5.74, 6) is 1.82. The summed E-state index contributed by atoms with van der Waals surface area (Å²) in [5, 5.41) is 9.23. The molecule has 0 spiro atoms. The van der Waals surface area contributed by atoms with Crippen molar-refractivity contribution in [2.24, 2.45) is 11.8 Å². The molecule has 0 saturated carbocycles. The third-order valence-electron chi connectivity index (χ3n) is 3.36. The molecular formula is C12H25NO. The van der Waals surface area contributed by atoms with Gasteiger partial charge >= 0.3 is 0 Å². The van der Waals surface area contributed by atoms with Gasteiger partial charge in [0.1, 0.15) is 0 Å². The van der Waals surface area contributed by atoms with Crippen LogP contribution in [0, 0.1) is 11.8 Å². The summed E-state index contributed by atoms with van der Waals surface area (Å²) in [7, 11) is 0. The van der Waals surface area contributed by atoms with Gasteiger partial charge in [-0.05, 0) is 18.8 Å². The van der Waals surface area contributed by atoms with E-state index in [0.717, 1.165) is 18.4 Å². The number of nitrogens with zero attached hydrogens (tertiary/aromatic N) is 1. The van der Waals surface area contributed by atoms with Crippen LogP contribution in [0.3, 0.4) is 0 Å². The van der Waals surface area contributed by atoms with E-state index in [4.69, 9.17) is 0 Å². The molecule has 0 bridgehead atoms. The number of β-amino-alcohol motifs (C(OH)–C–C–N with tert-alkyl or cyclic N) is 1. The number of hydrogen-bond donors (Lipinski definition) is 1. The van der Waals surface area contributed by atoms with Crippen molar-refractivity contribution in [1.29, 1.82) is 0 Å². The van der Waals surface area contributed by atoms with E-state index in [2.05, 4.69) is 18.7 Å². The maximum atomic E-state index is 9.23. The molecule has 0 aromatic carbocycles. The zero-order valence-corrected chi connectivity index (χ0v) is 9.87. The fourth-order valence-electron chi connectivity index (χ4n) is 2.57. The van der Waals surface area contributed by atoms with Gasteiger partial charge in [0.05, 0.1) is 6.10 Å². The number of aliphatic hydroxyl groups is 1. The SMILES string of the molecule is CCCC(CC)C1CN(C[C@@H](C)O)C1. The van der Waals surface area contributed by atoms with Gasteiger partial charge in [-0.2, -0.15) is 0 Å². The van der Waals surface area contributed by atoms with Crippen molar-refractivity contribution in [1.82, 2.24) is 4.90 Å². The van der Waals surface area contributed by atoms with Gasteiger partial charge in [0.2, 0.25) is 0 Å². The zero-order chi connectivity index (χ0) is 10.6. The average Bonchev–Trinajstić information content (AvgIpc) is 2.07. The Kier molecular flexibility index (Phi) is 4.90. The Bertz CT molecular complexity index is 152. The van der Waals surface area contributed by atoms with Crippen molar-refractivity contribution < 1.29 is 5.11 Å². The summed E-state index contributed by atoms with van der Waals surface area (Å²) >= 11 is 0. The highest BCUT2D eigenvalue weighted by molar-refractivity contribution is 4.85. The van der Waals surface area contributed by atoms with Crippen molar-refractivity contribution in [3.8, 4) is 0 Å². The summed E-state index contributed by atoms with van der Waals surface area (Å²) < 4.78 is 0. The Morgan fingerprint density at radius 1 is 1.36 bits per heavy atom. The molecule has 0 radical (unpaired) electrons. The van der Waals surface area contributed by atoms with Crippen molar-refractivity contribution >= 4 is 0 Å². The molecule has 1 saturated heterocycles. The van der Waals surface area contributed by atoms with Gasteiger partial charge in [0.15, 0.2) is 0 Å². The second-order valence-electron chi connectivity index (χ2n) is 4.78. The smallest absolute Gasteiger partial charge is 0.0639 e. The number of hydrogen-bond acceptors (Lipinski definition) is 2. The standard InChI is InChI=1S/C12H25NO/c1-4-6-11(5-2)12-8-13(9-12)7-10(3)14/h10-12,14H,4-9H2,1-3H3/t10-,11?/m1/s1. The van der Waals surface area contributed by atoms with Crippen LogP contribution in [0.5, 0.6) is 0 Å². The normalized spacial score (nSPS) is 23.1. The fourth-order valence-corrected chi connectivity index (χ4v) is 2.57. The molecule has 1 N–H and O–H groups in total. The molecule has 0 aromatic heterocycles. The van der Waals surface area contributed by atoms with Crippen LogP contribution in [0.25, 0.3) is 0 Å². The summed E-state index contributed by atoms with van der Waals surface area (Å²) in [5.41, 5.74) is 0. The number of aliphatic hydroxyl groups excluding tert-OH is 1. The topological polar surface area (TPSA) is 23.5 Å². The van der Waals surface area contributed by atoms with Gasteiger partial charge < -0.3 is 10.0 Å². The first-order chi connectivity index (χ1) is 6.67. The lowest BCUT2D eigenvalue weighted by Crippen LogP contribution is -2.51. The molecule has 1 rings (SSSR count). The second kappa shape index (κ2) is 5.72. The molecule has 2 heteroatoms. The van der Waals surface area contributed by atoms with Crippen LogP contribution < -0.4 is 0 Å². The van der Waals surface area contributed by atoms with E-state index in [0.29, 0.717) is 0 Å². The van der Waals surface area contributed by atoms with Crippen LogP contribution in [0.4, 0.5) is 0 Å². The predicted octanol–water partition coefficient (Wildman–Crippen LogP) is 2.13. The third-order valence-corrected chi connectivity index (χ3v) is 3.36.